The zero-order valence-corrected chi connectivity index (χ0v) is 13.4. The van der Waals surface area contributed by atoms with Gasteiger partial charge in [0.05, 0.1) is 11.6 Å². The number of hydrogen-bond acceptors (Lipinski definition) is 4. The molecular formula is C17H14F3N3S. The van der Waals surface area contributed by atoms with Crippen molar-refractivity contribution >= 4 is 28.1 Å². The van der Waals surface area contributed by atoms with Crippen LogP contribution in [-0.4, -0.2) is 16.5 Å². The van der Waals surface area contributed by atoms with Gasteiger partial charge < -0.3 is 4.90 Å². The minimum atomic E-state index is -4.56. The smallest absolute Gasteiger partial charge is 0.348 e. The van der Waals surface area contributed by atoms with Gasteiger partial charge >= 0.3 is 6.18 Å². The Kier molecular flexibility index (Phi) is 3.68. The quantitative estimate of drug-likeness (QED) is 0.648. The average Bonchev–Trinajstić information content (AvgIpc) is 3.23. The third-order valence-corrected chi connectivity index (χ3v) is 5.21. The maximum atomic E-state index is 13.2. The van der Waals surface area contributed by atoms with Crippen LogP contribution >= 0.6 is 11.3 Å². The number of rotatable bonds is 2. The highest BCUT2D eigenvalue weighted by Gasteiger charge is 2.37. The molecule has 1 aliphatic rings. The van der Waals surface area contributed by atoms with Gasteiger partial charge in [-0.1, -0.05) is 18.2 Å². The SMILES string of the molecule is FC(F)(F)c1nc(N2CCC[C@@H]2c2cccs2)c2ccccc2n1. The van der Waals surface area contributed by atoms with Gasteiger partial charge in [-0.25, -0.2) is 9.97 Å². The molecule has 1 fully saturated rings. The Bertz CT molecular complexity index is 861. The van der Waals surface area contributed by atoms with Crippen LogP contribution in [0.25, 0.3) is 10.9 Å². The highest BCUT2D eigenvalue weighted by molar-refractivity contribution is 7.10. The first-order valence-corrected chi connectivity index (χ1v) is 8.56. The summed E-state index contributed by atoms with van der Waals surface area (Å²) in [6.07, 6.45) is -2.71. The normalized spacial score (nSPS) is 18.5. The van der Waals surface area contributed by atoms with Gasteiger partial charge in [0.2, 0.25) is 5.82 Å². The highest BCUT2D eigenvalue weighted by atomic mass is 32.1. The number of thiophene rings is 1. The molecule has 0 saturated carbocycles. The number of nitrogens with zero attached hydrogens (tertiary/aromatic N) is 3. The van der Waals surface area contributed by atoms with E-state index in [0.29, 0.717) is 23.3 Å². The molecule has 2 aromatic heterocycles. The van der Waals surface area contributed by atoms with Crippen molar-refractivity contribution in [3.05, 3.63) is 52.5 Å². The van der Waals surface area contributed by atoms with Gasteiger partial charge in [0.15, 0.2) is 0 Å². The number of benzene rings is 1. The van der Waals surface area contributed by atoms with Crippen LogP contribution in [0.4, 0.5) is 19.0 Å². The summed E-state index contributed by atoms with van der Waals surface area (Å²) in [6, 6.07) is 11.0. The van der Waals surface area contributed by atoms with Crippen LogP contribution in [0.3, 0.4) is 0 Å². The van der Waals surface area contributed by atoms with Crippen LogP contribution in [0, 0.1) is 0 Å². The van der Waals surface area contributed by atoms with Crippen LogP contribution in [0.15, 0.2) is 41.8 Å². The topological polar surface area (TPSA) is 29.0 Å². The third-order valence-electron chi connectivity index (χ3n) is 4.23. The van der Waals surface area contributed by atoms with E-state index < -0.39 is 12.0 Å². The summed E-state index contributed by atoms with van der Waals surface area (Å²) in [5, 5.41) is 2.65. The number of anilines is 1. The molecule has 3 heterocycles. The fourth-order valence-corrected chi connectivity index (χ4v) is 4.08. The van der Waals surface area contributed by atoms with Crippen molar-refractivity contribution in [2.75, 3.05) is 11.4 Å². The molecule has 1 atom stereocenters. The van der Waals surface area contributed by atoms with E-state index in [4.69, 9.17) is 0 Å². The molecule has 1 aliphatic heterocycles. The molecular weight excluding hydrogens is 335 g/mol. The number of halogens is 3. The Morgan fingerprint density at radius 3 is 2.67 bits per heavy atom. The maximum Gasteiger partial charge on any atom is 0.451 e. The number of alkyl halides is 3. The van der Waals surface area contributed by atoms with Gasteiger partial charge in [-0.05, 0) is 36.4 Å². The van der Waals surface area contributed by atoms with E-state index >= 15 is 0 Å². The molecule has 0 amide bonds. The van der Waals surface area contributed by atoms with Crippen LogP contribution in [-0.2, 0) is 6.18 Å². The summed E-state index contributed by atoms with van der Waals surface area (Å²) in [4.78, 5) is 10.8. The number of para-hydroxylation sites is 1. The largest absolute Gasteiger partial charge is 0.451 e. The molecule has 1 saturated heterocycles. The monoisotopic (exact) mass is 349 g/mol. The van der Waals surface area contributed by atoms with Gasteiger partial charge in [-0.2, -0.15) is 13.2 Å². The van der Waals surface area contributed by atoms with Gasteiger partial charge in [-0.3, -0.25) is 0 Å². The summed E-state index contributed by atoms with van der Waals surface area (Å²) in [5.74, 6) is -0.697. The van der Waals surface area contributed by atoms with Crippen molar-refractivity contribution in [3.8, 4) is 0 Å². The second kappa shape index (κ2) is 5.73. The average molecular weight is 349 g/mol. The molecule has 7 heteroatoms. The molecule has 0 bridgehead atoms. The molecule has 24 heavy (non-hydrogen) atoms. The molecule has 0 radical (unpaired) electrons. The zero-order valence-electron chi connectivity index (χ0n) is 12.6. The summed E-state index contributed by atoms with van der Waals surface area (Å²) >= 11 is 1.63. The Labute approximate surface area is 140 Å². The number of aromatic nitrogens is 2. The van der Waals surface area contributed by atoms with E-state index in [0.717, 1.165) is 17.7 Å². The minimum Gasteiger partial charge on any atom is -0.348 e. The van der Waals surface area contributed by atoms with Crippen molar-refractivity contribution in [2.45, 2.75) is 25.1 Å². The Morgan fingerprint density at radius 2 is 1.92 bits per heavy atom. The molecule has 124 valence electrons. The van der Waals surface area contributed by atoms with E-state index in [2.05, 4.69) is 9.97 Å². The summed E-state index contributed by atoms with van der Waals surface area (Å²) < 4.78 is 39.6. The van der Waals surface area contributed by atoms with E-state index in [-0.39, 0.29) is 6.04 Å². The lowest BCUT2D eigenvalue weighted by molar-refractivity contribution is -0.144. The van der Waals surface area contributed by atoms with Crippen molar-refractivity contribution in [1.82, 2.24) is 9.97 Å². The Hall–Kier alpha value is -2.15. The fraction of sp³-hybridized carbons (Fsp3) is 0.294. The standard InChI is InChI=1S/C17H14F3N3S/c18-17(19,20)16-21-12-6-2-1-5-11(12)15(22-16)23-9-3-7-13(23)14-8-4-10-24-14/h1-2,4-6,8,10,13H,3,7,9H2/t13-/m1/s1. The van der Waals surface area contributed by atoms with Crippen LogP contribution in [0.1, 0.15) is 29.6 Å². The number of fused-ring (bicyclic) bond motifs is 1. The van der Waals surface area contributed by atoms with Crippen molar-refractivity contribution in [2.24, 2.45) is 0 Å². The van der Waals surface area contributed by atoms with Gasteiger partial charge in [0.25, 0.3) is 0 Å². The minimum absolute atomic E-state index is 0.0735. The molecule has 0 unspecified atom stereocenters. The fourth-order valence-electron chi connectivity index (χ4n) is 3.20. The maximum absolute atomic E-state index is 13.2. The van der Waals surface area contributed by atoms with Crippen molar-refractivity contribution < 1.29 is 13.2 Å². The van der Waals surface area contributed by atoms with Crippen LogP contribution in [0.2, 0.25) is 0 Å². The first-order chi connectivity index (χ1) is 11.5. The lowest BCUT2D eigenvalue weighted by Gasteiger charge is -2.26. The van der Waals surface area contributed by atoms with E-state index in [1.165, 1.54) is 0 Å². The predicted molar refractivity (Wildman–Crippen MR) is 88.2 cm³/mol. The molecule has 0 N–H and O–H groups in total. The molecule has 3 nitrogen and oxygen atoms in total. The predicted octanol–water partition coefficient (Wildman–Crippen LogP) is 5.05. The molecule has 0 spiro atoms. The van der Waals surface area contributed by atoms with Gasteiger partial charge in [-0.15, -0.1) is 11.3 Å². The molecule has 3 aromatic rings. The second-order valence-electron chi connectivity index (χ2n) is 5.75. The van der Waals surface area contributed by atoms with Crippen molar-refractivity contribution in [1.29, 1.82) is 0 Å². The Balaban J connectivity index is 1.88. The van der Waals surface area contributed by atoms with E-state index in [1.54, 1.807) is 35.6 Å². The Morgan fingerprint density at radius 1 is 1.08 bits per heavy atom. The van der Waals surface area contributed by atoms with Crippen molar-refractivity contribution in [3.63, 3.8) is 0 Å². The van der Waals surface area contributed by atoms with Gasteiger partial charge in [0.1, 0.15) is 5.82 Å². The van der Waals surface area contributed by atoms with E-state index in [1.807, 2.05) is 22.4 Å². The van der Waals surface area contributed by atoms with Crippen LogP contribution in [0.5, 0.6) is 0 Å². The lowest BCUT2D eigenvalue weighted by Crippen LogP contribution is -2.25. The molecule has 0 aliphatic carbocycles. The summed E-state index contributed by atoms with van der Waals surface area (Å²) in [6.45, 7) is 0.695. The lowest BCUT2D eigenvalue weighted by atomic mass is 10.1. The highest BCUT2D eigenvalue weighted by Crippen LogP contribution is 2.40. The summed E-state index contributed by atoms with van der Waals surface area (Å²) in [5.41, 5.74) is 0.326. The number of hydrogen-bond donors (Lipinski definition) is 0. The first-order valence-electron chi connectivity index (χ1n) is 7.68. The van der Waals surface area contributed by atoms with Gasteiger partial charge in [0, 0.05) is 16.8 Å². The first kappa shape index (κ1) is 15.4. The zero-order chi connectivity index (χ0) is 16.7. The van der Waals surface area contributed by atoms with E-state index in [9.17, 15) is 13.2 Å². The second-order valence-corrected chi connectivity index (χ2v) is 6.73. The van der Waals surface area contributed by atoms with Crippen LogP contribution < -0.4 is 4.90 Å². The third kappa shape index (κ3) is 2.62. The summed E-state index contributed by atoms with van der Waals surface area (Å²) in [7, 11) is 0. The molecule has 1 aromatic carbocycles. The molecule has 4 rings (SSSR count).